The molecule has 0 spiro atoms. The van der Waals surface area contributed by atoms with Gasteiger partial charge in [0.25, 0.3) is 11.6 Å². The van der Waals surface area contributed by atoms with Gasteiger partial charge in [-0.3, -0.25) is 14.9 Å². The predicted octanol–water partition coefficient (Wildman–Crippen LogP) is 1.18. The van der Waals surface area contributed by atoms with Crippen molar-refractivity contribution in [3.8, 4) is 0 Å². The topological polar surface area (TPSA) is 79.9 Å². The highest BCUT2D eigenvalue weighted by atomic mass is 16.6. The lowest BCUT2D eigenvalue weighted by molar-refractivity contribution is -0.892. The second-order valence-corrected chi connectivity index (χ2v) is 6.89. The quantitative estimate of drug-likeness (QED) is 0.592. The van der Waals surface area contributed by atoms with Crippen molar-refractivity contribution in [2.75, 3.05) is 37.6 Å². The zero-order chi connectivity index (χ0) is 19.2. The van der Waals surface area contributed by atoms with Crippen LogP contribution in [0.3, 0.4) is 0 Å². The third-order valence-electron chi connectivity index (χ3n) is 4.98. The summed E-state index contributed by atoms with van der Waals surface area (Å²) in [5, 5.41) is 13.8. The highest BCUT2D eigenvalue weighted by molar-refractivity contribution is 5.77. The summed E-state index contributed by atoms with van der Waals surface area (Å²) < 4.78 is 0. The van der Waals surface area contributed by atoms with Crippen molar-refractivity contribution in [2.45, 2.75) is 13.0 Å². The minimum Gasteiger partial charge on any atom is -0.360 e. The number of benzene rings is 2. The van der Waals surface area contributed by atoms with Crippen LogP contribution in [0.5, 0.6) is 0 Å². The average Bonchev–Trinajstić information content (AvgIpc) is 2.69. The molecule has 0 aromatic heterocycles. The number of quaternary nitrogens is 1. The van der Waals surface area contributed by atoms with Gasteiger partial charge in [-0.15, -0.1) is 0 Å². The zero-order valence-electron chi connectivity index (χ0n) is 15.4. The Kier molecular flexibility index (Phi) is 6.03. The smallest absolute Gasteiger partial charge is 0.275 e. The molecule has 1 amide bonds. The third kappa shape index (κ3) is 5.04. The number of hydrogen-bond acceptors (Lipinski definition) is 4. The van der Waals surface area contributed by atoms with Crippen LogP contribution in [0, 0.1) is 10.1 Å². The number of amides is 1. The summed E-state index contributed by atoms with van der Waals surface area (Å²) in [6.07, 6.45) is 0. The van der Waals surface area contributed by atoms with Crippen LogP contribution >= 0.6 is 0 Å². The lowest BCUT2D eigenvalue weighted by Crippen LogP contribution is -3.15. The zero-order valence-corrected chi connectivity index (χ0v) is 15.4. The normalized spacial score (nSPS) is 16.0. The molecule has 2 aromatic carbocycles. The highest BCUT2D eigenvalue weighted by Crippen LogP contribution is 2.19. The van der Waals surface area contributed by atoms with Gasteiger partial charge in [-0.05, 0) is 24.6 Å². The Bertz CT molecular complexity index is 772. The molecule has 142 valence electrons. The fourth-order valence-corrected chi connectivity index (χ4v) is 3.39. The van der Waals surface area contributed by atoms with E-state index in [0.29, 0.717) is 6.54 Å². The number of carbonyl (C=O) groups excluding carboxylic acids is 1. The second-order valence-electron chi connectivity index (χ2n) is 6.89. The van der Waals surface area contributed by atoms with Crippen LogP contribution < -0.4 is 15.1 Å². The molecule has 7 nitrogen and oxygen atoms in total. The van der Waals surface area contributed by atoms with Crippen LogP contribution in [-0.2, 0) is 4.79 Å². The number of anilines is 1. The molecular formula is C20H25N4O3+. The molecule has 1 atom stereocenters. The lowest BCUT2D eigenvalue weighted by Gasteiger charge is -2.33. The van der Waals surface area contributed by atoms with E-state index in [9.17, 15) is 14.9 Å². The number of rotatable bonds is 6. The maximum Gasteiger partial charge on any atom is 0.275 e. The Morgan fingerprint density at radius 3 is 2.37 bits per heavy atom. The molecule has 1 heterocycles. The summed E-state index contributed by atoms with van der Waals surface area (Å²) in [6, 6.07) is 16.6. The van der Waals surface area contributed by atoms with Gasteiger partial charge >= 0.3 is 0 Å². The minimum absolute atomic E-state index is 0.000464. The SMILES string of the molecule is C[C@@H](NC(=O)C[NH+]1CCN(c2ccc([N+](=O)[O-])cc2)CC1)c1ccccc1. The molecule has 1 saturated heterocycles. The van der Waals surface area contributed by atoms with Gasteiger partial charge in [0.15, 0.2) is 6.54 Å². The molecule has 0 saturated carbocycles. The number of piperazine rings is 1. The molecule has 0 radical (unpaired) electrons. The van der Waals surface area contributed by atoms with E-state index in [4.69, 9.17) is 0 Å². The summed E-state index contributed by atoms with van der Waals surface area (Å²) in [6.45, 7) is 5.85. The molecule has 0 aliphatic carbocycles. The van der Waals surface area contributed by atoms with Crippen molar-refractivity contribution in [3.05, 3.63) is 70.3 Å². The van der Waals surface area contributed by atoms with Crippen molar-refractivity contribution in [3.63, 3.8) is 0 Å². The Labute approximate surface area is 158 Å². The molecule has 2 N–H and O–H groups in total. The lowest BCUT2D eigenvalue weighted by atomic mass is 10.1. The third-order valence-corrected chi connectivity index (χ3v) is 4.98. The molecule has 0 unspecified atom stereocenters. The number of nitro groups is 1. The van der Waals surface area contributed by atoms with E-state index in [1.165, 1.54) is 17.0 Å². The summed E-state index contributed by atoms with van der Waals surface area (Å²) in [5.41, 5.74) is 2.19. The van der Waals surface area contributed by atoms with Gasteiger partial charge in [-0.25, -0.2) is 0 Å². The predicted molar refractivity (Wildman–Crippen MR) is 104 cm³/mol. The van der Waals surface area contributed by atoms with Crippen LogP contribution in [0.4, 0.5) is 11.4 Å². The van der Waals surface area contributed by atoms with Crippen LogP contribution in [-0.4, -0.2) is 43.6 Å². The number of nitrogens with one attached hydrogen (secondary N) is 2. The first-order valence-corrected chi connectivity index (χ1v) is 9.20. The van der Waals surface area contributed by atoms with Crippen LogP contribution in [0.1, 0.15) is 18.5 Å². The largest absolute Gasteiger partial charge is 0.360 e. The molecule has 0 bridgehead atoms. The first kappa shape index (κ1) is 18.8. The Hall–Kier alpha value is -2.93. The van der Waals surface area contributed by atoms with Crippen LogP contribution in [0.25, 0.3) is 0 Å². The number of non-ortho nitro benzene ring substituents is 1. The van der Waals surface area contributed by atoms with Gasteiger partial charge in [0.05, 0.1) is 37.1 Å². The van der Waals surface area contributed by atoms with E-state index < -0.39 is 0 Å². The maximum absolute atomic E-state index is 12.3. The van der Waals surface area contributed by atoms with Crippen molar-refractivity contribution >= 4 is 17.3 Å². The van der Waals surface area contributed by atoms with Crippen molar-refractivity contribution < 1.29 is 14.6 Å². The molecule has 1 aliphatic rings. The molecule has 27 heavy (non-hydrogen) atoms. The molecule has 3 rings (SSSR count). The molecule has 2 aromatic rings. The van der Waals surface area contributed by atoms with E-state index in [0.717, 1.165) is 37.4 Å². The van der Waals surface area contributed by atoms with E-state index in [1.807, 2.05) is 37.3 Å². The van der Waals surface area contributed by atoms with Crippen LogP contribution in [0.2, 0.25) is 0 Å². The fourth-order valence-electron chi connectivity index (χ4n) is 3.39. The van der Waals surface area contributed by atoms with Crippen molar-refractivity contribution in [1.82, 2.24) is 5.32 Å². The average molecular weight is 369 g/mol. The first-order chi connectivity index (χ1) is 13.0. The monoisotopic (exact) mass is 369 g/mol. The number of hydrogen-bond donors (Lipinski definition) is 2. The summed E-state index contributed by atoms with van der Waals surface area (Å²) in [5.74, 6) is 0.0603. The van der Waals surface area contributed by atoms with Gasteiger partial charge in [-0.1, -0.05) is 30.3 Å². The Morgan fingerprint density at radius 2 is 1.78 bits per heavy atom. The Morgan fingerprint density at radius 1 is 1.15 bits per heavy atom. The minimum atomic E-state index is -0.388. The second kappa shape index (κ2) is 8.64. The molecular weight excluding hydrogens is 344 g/mol. The van der Waals surface area contributed by atoms with Crippen molar-refractivity contribution in [1.29, 1.82) is 0 Å². The van der Waals surface area contributed by atoms with E-state index >= 15 is 0 Å². The summed E-state index contributed by atoms with van der Waals surface area (Å²) in [7, 11) is 0. The number of nitro benzene ring substituents is 1. The van der Waals surface area contributed by atoms with E-state index in [-0.39, 0.29) is 22.6 Å². The Balaban J connectivity index is 1.46. The number of carbonyl (C=O) groups is 1. The van der Waals surface area contributed by atoms with Gasteiger partial charge in [0.1, 0.15) is 0 Å². The fraction of sp³-hybridized carbons (Fsp3) is 0.350. The first-order valence-electron chi connectivity index (χ1n) is 9.20. The summed E-state index contributed by atoms with van der Waals surface area (Å²) in [4.78, 5) is 26.2. The molecule has 1 aliphatic heterocycles. The van der Waals surface area contributed by atoms with Gasteiger partial charge < -0.3 is 15.1 Å². The van der Waals surface area contributed by atoms with Gasteiger partial charge in [0, 0.05) is 17.8 Å². The standard InChI is InChI=1S/C20H24N4O3/c1-16(17-5-3-2-4-6-17)21-20(25)15-22-11-13-23(14-12-22)18-7-9-19(10-8-18)24(26)27/h2-10,16H,11-15H2,1H3,(H,21,25)/p+1/t16-/m1/s1. The van der Waals surface area contributed by atoms with E-state index in [2.05, 4.69) is 10.2 Å². The highest BCUT2D eigenvalue weighted by Gasteiger charge is 2.23. The molecule has 1 fully saturated rings. The van der Waals surface area contributed by atoms with Crippen molar-refractivity contribution in [2.24, 2.45) is 0 Å². The van der Waals surface area contributed by atoms with Gasteiger partial charge in [-0.2, -0.15) is 0 Å². The maximum atomic E-state index is 12.3. The van der Waals surface area contributed by atoms with Gasteiger partial charge in [0.2, 0.25) is 0 Å². The van der Waals surface area contributed by atoms with E-state index in [1.54, 1.807) is 12.1 Å². The summed E-state index contributed by atoms with van der Waals surface area (Å²) >= 11 is 0. The number of nitrogens with zero attached hydrogens (tertiary/aromatic N) is 2. The van der Waals surface area contributed by atoms with Crippen LogP contribution in [0.15, 0.2) is 54.6 Å². The molecule has 7 heteroatoms.